The molecular formula is C29H42N6O4. The lowest BCUT2D eigenvalue weighted by Gasteiger charge is -2.44. The summed E-state index contributed by atoms with van der Waals surface area (Å²) in [5.41, 5.74) is 0.825. The van der Waals surface area contributed by atoms with Gasteiger partial charge in [-0.05, 0) is 31.0 Å². The molecule has 1 saturated heterocycles. The third kappa shape index (κ3) is 11.4. The van der Waals surface area contributed by atoms with Crippen LogP contribution in [0.5, 0.6) is 5.75 Å². The fourth-order valence-corrected chi connectivity index (χ4v) is 3.77. The largest absolute Gasteiger partial charge is 0.508 e. The van der Waals surface area contributed by atoms with Crippen LogP contribution in [0, 0.1) is 11.3 Å². The van der Waals surface area contributed by atoms with E-state index in [0.29, 0.717) is 19.5 Å². The molecule has 0 bridgehead atoms. The van der Waals surface area contributed by atoms with Crippen molar-refractivity contribution in [2.24, 2.45) is 0 Å². The summed E-state index contributed by atoms with van der Waals surface area (Å²) in [6.45, 7) is 6.38. The number of hydrazine groups is 1. The molecular weight excluding hydrogens is 496 g/mol. The van der Waals surface area contributed by atoms with Crippen molar-refractivity contribution in [3.05, 3.63) is 66.2 Å². The Kier molecular flexibility index (Phi) is 15.4. The monoisotopic (exact) mass is 538 g/mol. The molecule has 2 aromatic carbocycles. The van der Waals surface area contributed by atoms with E-state index in [4.69, 9.17) is 5.26 Å². The Bertz CT molecular complexity index is 1020. The first kappa shape index (κ1) is 32.9. The van der Waals surface area contributed by atoms with E-state index in [1.165, 1.54) is 16.8 Å². The number of urea groups is 1. The second-order valence-corrected chi connectivity index (χ2v) is 8.93. The Morgan fingerprint density at radius 2 is 1.64 bits per heavy atom. The van der Waals surface area contributed by atoms with Gasteiger partial charge < -0.3 is 20.2 Å². The summed E-state index contributed by atoms with van der Waals surface area (Å²) in [4.78, 5) is 41.7. The van der Waals surface area contributed by atoms with Gasteiger partial charge in [0.2, 0.25) is 11.8 Å². The van der Waals surface area contributed by atoms with Gasteiger partial charge >= 0.3 is 6.03 Å². The molecule has 4 amide bonds. The van der Waals surface area contributed by atoms with E-state index in [-0.39, 0.29) is 36.8 Å². The third-order valence-electron chi connectivity index (χ3n) is 5.86. The van der Waals surface area contributed by atoms with Gasteiger partial charge in [0.25, 0.3) is 0 Å². The van der Waals surface area contributed by atoms with Gasteiger partial charge in [0.05, 0.1) is 12.6 Å². The highest BCUT2D eigenvalue weighted by Gasteiger charge is 2.39. The number of nitrogens with zero attached hydrogens (tertiary/aromatic N) is 5. The molecule has 212 valence electrons. The minimum absolute atomic E-state index is 0.00270. The van der Waals surface area contributed by atoms with E-state index in [1.807, 2.05) is 43.3 Å². The van der Waals surface area contributed by atoms with Crippen LogP contribution in [0.4, 0.5) is 4.79 Å². The molecule has 1 unspecified atom stereocenters. The highest BCUT2D eigenvalue weighted by atomic mass is 16.3. The number of aromatic hydroxyl groups is 1. The standard InChI is InChI=1S/C21H33N5O4.C6H6.C2H3N/c1-5-7-12-23(3)20(29)18(13-16-8-10-17(27)11-9-16)25-15-26(21(30)22-6-2)24(4)14-19(25)28;1-2-4-6-5-3-1;1-2-3/h8-11,18,27H,5-7,12-15H2,1-4H3,(H,22,30);1-6H;1H3. The van der Waals surface area contributed by atoms with Gasteiger partial charge in [-0.25, -0.2) is 14.8 Å². The van der Waals surface area contributed by atoms with Gasteiger partial charge in [-0.2, -0.15) is 5.26 Å². The Labute approximate surface area is 232 Å². The summed E-state index contributed by atoms with van der Waals surface area (Å²) in [5, 5.41) is 22.6. The minimum atomic E-state index is -0.741. The number of benzene rings is 2. The summed E-state index contributed by atoms with van der Waals surface area (Å²) in [5.74, 6) is -0.232. The summed E-state index contributed by atoms with van der Waals surface area (Å²) in [6, 6.07) is 19.3. The number of likely N-dealkylation sites (N-methyl/N-ethyl adjacent to an activating group) is 2. The highest BCUT2D eigenvalue weighted by Crippen LogP contribution is 2.19. The number of phenolic OH excluding ortho intramolecular Hbond substituents is 1. The molecule has 1 aliphatic heterocycles. The molecule has 0 radical (unpaired) electrons. The van der Waals surface area contributed by atoms with Crippen LogP contribution in [-0.4, -0.2) is 89.2 Å². The van der Waals surface area contributed by atoms with Crippen molar-refractivity contribution in [1.82, 2.24) is 25.1 Å². The molecule has 2 aromatic rings. The molecule has 0 spiro atoms. The van der Waals surface area contributed by atoms with Gasteiger partial charge in [-0.1, -0.05) is 61.9 Å². The third-order valence-corrected chi connectivity index (χ3v) is 5.86. The van der Waals surface area contributed by atoms with E-state index in [2.05, 4.69) is 12.2 Å². The average Bonchev–Trinajstić information content (AvgIpc) is 2.93. The molecule has 1 heterocycles. The van der Waals surface area contributed by atoms with Crippen LogP contribution < -0.4 is 5.32 Å². The molecule has 0 aromatic heterocycles. The van der Waals surface area contributed by atoms with Gasteiger partial charge in [-0.3, -0.25) is 9.59 Å². The molecule has 0 saturated carbocycles. The Morgan fingerprint density at radius 1 is 1.10 bits per heavy atom. The van der Waals surface area contributed by atoms with Crippen molar-refractivity contribution < 1.29 is 19.5 Å². The molecule has 10 heteroatoms. The highest BCUT2D eigenvalue weighted by molar-refractivity contribution is 5.89. The van der Waals surface area contributed by atoms with Crippen LogP contribution in [0.15, 0.2) is 60.7 Å². The number of hydrogen-bond acceptors (Lipinski definition) is 6. The van der Waals surface area contributed by atoms with E-state index in [9.17, 15) is 19.5 Å². The van der Waals surface area contributed by atoms with Crippen molar-refractivity contribution in [2.75, 3.05) is 40.4 Å². The van der Waals surface area contributed by atoms with Crippen molar-refractivity contribution >= 4 is 17.8 Å². The molecule has 3 rings (SSSR count). The number of carbonyl (C=O) groups excluding carboxylic acids is 3. The first-order valence-electron chi connectivity index (χ1n) is 13.1. The van der Waals surface area contributed by atoms with Crippen LogP contribution in [0.3, 0.4) is 0 Å². The van der Waals surface area contributed by atoms with Crippen molar-refractivity contribution in [3.63, 3.8) is 0 Å². The van der Waals surface area contributed by atoms with Gasteiger partial charge in [0.1, 0.15) is 18.5 Å². The smallest absolute Gasteiger partial charge is 0.333 e. The first-order chi connectivity index (χ1) is 18.7. The molecule has 1 aliphatic rings. The molecule has 39 heavy (non-hydrogen) atoms. The molecule has 1 atom stereocenters. The number of carbonyl (C=O) groups is 3. The Balaban J connectivity index is 0.000000718. The average molecular weight is 539 g/mol. The van der Waals surface area contributed by atoms with E-state index >= 15 is 0 Å². The Morgan fingerprint density at radius 3 is 2.13 bits per heavy atom. The fraction of sp³-hybridized carbons (Fsp3) is 0.448. The number of unbranched alkanes of at least 4 members (excludes halogenated alkanes) is 1. The molecule has 1 fully saturated rings. The predicted molar refractivity (Wildman–Crippen MR) is 151 cm³/mol. The van der Waals surface area contributed by atoms with Gasteiger partial charge in [0.15, 0.2) is 0 Å². The minimum Gasteiger partial charge on any atom is -0.508 e. The molecule has 2 N–H and O–H groups in total. The topological polar surface area (TPSA) is 120 Å². The van der Waals surface area contributed by atoms with Gasteiger partial charge in [-0.15, -0.1) is 0 Å². The number of nitrogens with one attached hydrogen (secondary N) is 1. The van der Waals surface area contributed by atoms with Crippen molar-refractivity contribution in [1.29, 1.82) is 5.26 Å². The summed E-state index contributed by atoms with van der Waals surface area (Å²) in [6.07, 6.45) is 2.13. The lowest BCUT2D eigenvalue weighted by atomic mass is 10.0. The van der Waals surface area contributed by atoms with Gasteiger partial charge in [0, 0.05) is 40.5 Å². The zero-order chi connectivity index (χ0) is 29.2. The second-order valence-electron chi connectivity index (χ2n) is 8.93. The lowest BCUT2D eigenvalue weighted by Crippen LogP contribution is -2.65. The van der Waals surface area contributed by atoms with Crippen LogP contribution in [0.25, 0.3) is 0 Å². The normalized spacial score (nSPS) is 13.6. The quantitative estimate of drug-likeness (QED) is 0.531. The zero-order valence-electron chi connectivity index (χ0n) is 23.7. The first-order valence-corrected chi connectivity index (χ1v) is 13.1. The SMILES string of the molecule is CC#N.CCCCN(C)C(=O)C(Cc1ccc(O)cc1)N1CN(C(=O)NCC)N(C)CC1=O.c1ccccc1. The van der Waals surface area contributed by atoms with Crippen LogP contribution in [-0.2, 0) is 16.0 Å². The predicted octanol–water partition coefficient (Wildman–Crippen LogP) is 3.46. The number of hydrogen-bond donors (Lipinski definition) is 2. The maximum atomic E-state index is 13.3. The number of nitriles is 1. The van der Waals surface area contributed by atoms with E-state index < -0.39 is 6.04 Å². The number of rotatable bonds is 8. The Hall–Kier alpha value is -4.10. The number of phenols is 1. The van der Waals surface area contributed by atoms with Crippen LogP contribution >= 0.6 is 0 Å². The maximum Gasteiger partial charge on any atom is 0.333 e. The maximum absolute atomic E-state index is 13.3. The second kappa shape index (κ2) is 18.2. The lowest BCUT2D eigenvalue weighted by molar-refractivity contribution is -0.160. The van der Waals surface area contributed by atoms with E-state index in [0.717, 1.165) is 18.4 Å². The summed E-state index contributed by atoms with van der Waals surface area (Å²) in [7, 11) is 3.42. The van der Waals surface area contributed by atoms with Crippen LogP contribution in [0.2, 0.25) is 0 Å². The number of amides is 4. The fourth-order valence-electron chi connectivity index (χ4n) is 3.77. The molecule has 0 aliphatic carbocycles. The summed E-state index contributed by atoms with van der Waals surface area (Å²) >= 11 is 0. The van der Waals surface area contributed by atoms with E-state index in [1.54, 1.807) is 54.3 Å². The van der Waals surface area contributed by atoms with Crippen LogP contribution in [0.1, 0.15) is 39.2 Å². The van der Waals surface area contributed by atoms with Crippen molar-refractivity contribution in [2.45, 2.75) is 46.1 Å². The van der Waals surface area contributed by atoms with Crippen molar-refractivity contribution in [3.8, 4) is 11.8 Å². The zero-order valence-corrected chi connectivity index (χ0v) is 23.7. The summed E-state index contributed by atoms with van der Waals surface area (Å²) < 4.78 is 0. The molecule has 10 nitrogen and oxygen atoms in total.